The van der Waals surface area contributed by atoms with Crippen LogP contribution in [-0.4, -0.2) is 27.3 Å². The van der Waals surface area contributed by atoms with Crippen molar-refractivity contribution in [3.05, 3.63) is 42.7 Å². The summed E-state index contributed by atoms with van der Waals surface area (Å²) in [6.07, 6.45) is 4.66. The monoisotopic (exact) mass is 380 g/mol. The number of aromatic nitrogens is 3. The molecule has 146 valence electrons. The molecule has 3 aromatic rings. The van der Waals surface area contributed by atoms with E-state index in [-0.39, 0.29) is 11.8 Å². The average molecular weight is 380 g/mol. The number of nitrogens with one attached hydrogen (secondary N) is 1. The summed E-state index contributed by atoms with van der Waals surface area (Å²) < 4.78 is 12.9. The van der Waals surface area contributed by atoms with Crippen LogP contribution in [0.5, 0.6) is 6.01 Å². The molecule has 0 bridgehead atoms. The predicted molar refractivity (Wildman–Crippen MR) is 105 cm³/mol. The molecule has 28 heavy (non-hydrogen) atoms. The van der Waals surface area contributed by atoms with Crippen molar-refractivity contribution < 1.29 is 13.9 Å². The third-order valence-corrected chi connectivity index (χ3v) is 4.71. The van der Waals surface area contributed by atoms with Crippen molar-refractivity contribution in [1.82, 2.24) is 14.8 Å². The number of carbonyl (C=O) groups is 1. The van der Waals surface area contributed by atoms with Crippen molar-refractivity contribution in [3.8, 4) is 23.3 Å². The fraction of sp³-hybridized carbons (Fsp3) is 0.381. The number of nitrogens with zero attached hydrogens (tertiary/aromatic N) is 3. The smallest absolute Gasteiger partial charge is 0.336 e. The predicted octanol–water partition coefficient (Wildman–Crippen LogP) is 4.30. The number of carbonyl (C=O) groups excluding carboxylic acids is 1. The zero-order valence-corrected chi connectivity index (χ0v) is 16.1. The Hall–Kier alpha value is -3.09. The second-order valence-corrected chi connectivity index (χ2v) is 7.48. The lowest BCUT2D eigenvalue weighted by molar-refractivity contribution is -0.122. The van der Waals surface area contributed by atoms with E-state index in [0.29, 0.717) is 30.1 Å². The van der Waals surface area contributed by atoms with Crippen LogP contribution in [0.3, 0.4) is 0 Å². The molecule has 0 aliphatic heterocycles. The summed E-state index contributed by atoms with van der Waals surface area (Å²) in [5, 5.41) is 7.50. The van der Waals surface area contributed by atoms with Gasteiger partial charge < -0.3 is 14.5 Å². The Morgan fingerprint density at radius 1 is 1.32 bits per heavy atom. The number of anilines is 1. The standard InChI is InChI=1S/C21H24N4O3/c1-14(2)13-28-21-23-19(18-10-5-11-27-18)25(24-21)17-9-4-8-16(12-17)22-20(26)15-6-3-7-15/h4-5,8-12,14-15H,3,6-7,13H2,1-2H3,(H,22,26). The highest BCUT2D eigenvalue weighted by Crippen LogP contribution is 2.29. The quantitative estimate of drug-likeness (QED) is 0.661. The SMILES string of the molecule is CC(C)COc1nc(-c2ccco2)n(-c2cccc(NC(=O)C3CCC3)c2)n1. The average Bonchev–Trinajstić information content (AvgIpc) is 3.28. The van der Waals surface area contributed by atoms with Crippen molar-refractivity contribution in [3.63, 3.8) is 0 Å². The van der Waals surface area contributed by atoms with Crippen LogP contribution >= 0.6 is 0 Å². The Kier molecular flexibility index (Phi) is 5.14. The Labute approximate surface area is 163 Å². The van der Waals surface area contributed by atoms with Crippen molar-refractivity contribution in [1.29, 1.82) is 0 Å². The van der Waals surface area contributed by atoms with E-state index in [0.717, 1.165) is 30.6 Å². The van der Waals surface area contributed by atoms with Crippen LogP contribution in [-0.2, 0) is 4.79 Å². The lowest BCUT2D eigenvalue weighted by Crippen LogP contribution is -2.28. The Bertz CT molecular complexity index is 942. The first kappa shape index (κ1) is 18.3. The summed E-state index contributed by atoms with van der Waals surface area (Å²) in [6.45, 7) is 4.66. The first-order chi connectivity index (χ1) is 13.6. The maximum Gasteiger partial charge on any atom is 0.336 e. The number of benzene rings is 1. The number of hydrogen-bond donors (Lipinski definition) is 1. The molecule has 0 atom stereocenters. The lowest BCUT2D eigenvalue weighted by Gasteiger charge is -2.24. The van der Waals surface area contributed by atoms with E-state index < -0.39 is 0 Å². The summed E-state index contributed by atoms with van der Waals surface area (Å²) >= 11 is 0. The number of furan rings is 1. The van der Waals surface area contributed by atoms with E-state index in [1.165, 1.54) is 0 Å². The molecule has 1 aromatic carbocycles. The van der Waals surface area contributed by atoms with Gasteiger partial charge in [0, 0.05) is 11.6 Å². The molecule has 7 heteroatoms. The summed E-state index contributed by atoms with van der Waals surface area (Å²) in [4.78, 5) is 16.8. The summed E-state index contributed by atoms with van der Waals surface area (Å²) in [5.74, 6) is 1.71. The molecule has 1 fully saturated rings. The fourth-order valence-corrected chi connectivity index (χ4v) is 2.97. The summed E-state index contributed by atoms with van der Waals surface area (Å²) in [7, 11) is 0. The largest absolute Gasteiger partial charge is 0.462 e. The molecule has 1 aliphatic rings. The van der Waals surface area contributed by atoms with E-state index in [1.54, 1.807) is 17.0 Å². The third kappa shape index (κ3) is 3.93. The van der Waals surface area contributed by atoms with Gasteiger partial charge in [0.1, 0.15) is 0 Å². The van der Waals surface area contributed by atoms with Crippen LogP contribution in [0.2, 0.25) is 0 Å². The number of rotatable bonds is 7. The van der Waals surface area contributed by atoms with Gasteiger partial charge in [0.2, 0.25) is 11.7 Å². The number of hydrogen-bond acceptors (Lipinski definition) is 5. The second-order valence-electron chi connectivity index (χ2n) is 7.48. The van der Waals surface area contributed by atoms with Gasteiger partial charge in [0.25, 0.3) is 0 Å². The molecule has 4 rings (SSSR count). The normalized spacial score (nSPS) is 14.1. The molecule has 1 N–H and O–H groups in total. The van der Waals surface area contributed by atoms with Crippen LogP contribution in [0.15, 0.2) is 47.1 Å². The van der Waals surface area contributed by atoms with Crippen LogP contribution < -0.4 is 10.1 Å². The zero-order chi connectivity index (χ0) is 19.5. The highest BCUT2D eigenvalue weighted by Gasteiger charge is 2.25. The van der Waals surface area contributed by atoms with E-state index in [9.17, 15) is 4.79 Å². The molecule has 1 aliphatic carbocycles. The molecule has 0 unspecified atom stereocenters. The Balaban J connectivity index is 1.63. The summed E-state index contributed by atoms with van der Waals surface area (Å²) in [6, 6.07) is 11.5. The minimum atomic E-state index is 0.0780. The molecule has 2 aromatic heterocycles. The van der Waals surface area contributed by atoms with Crippen LogP contribution in [0, 0.1) is 11.8 Å². The lowest BCUT2D eigenvalue weighted by atomic mass is 9.85. The molecule has 0 spiro atoms. The topological polar surface area (TPSA) is 82.2 Å². The third-order valence-electron chi connectivity index (χ3n) is 4.71. The molecule has 2 heterocycles. The molecule has 1 saturated carbocycles. The molecular formula is C21H24N4O3. The van der Waals surface area contributed by atoms with Gasteiger partial charge in [-0.05, 0) is 49.1 Å². The Morgan fingerprint density at radius 2 is 2.18 bits per heavy atom. The van der Waals surface area contributed by atoms with Crippen molar-refractivity contribution in [2.45, 2.75) is 33.1 Å². The fourth-order valence-electron chi connectivity index (χ4n) is 2.97. The first-order valence-electron chi connectivity index (χ1n) is 9.65. The van der Waals surface area contributed by atoms with Crippen molar-refractivity contribution in [2.24, 2.45) is 11.8 Å². The van der Waals surface area contributed by atoms with Gasteiger partial charge in [-0.2, -0.15) is 4.98 Å². The molecular weight excluding hydrogens is 356 g/mol. The summed E-state index contributed by atoms with van der Waals surface area (Å²) in [5.41, 5.74) is 1.50. The van der Waals surface area contributed by atoms with Gasteiger partial charge in [-0.3, -0.25) is 4.79 Å². The number of amides is 1. The van der Waals surface area contributed by atoms with Gasteiger partial charge in [0.15, 0.2) is 5.76 Å². The zero-order valence-electron chi connectivity index (χ0n) is 16.1. The van der Waals surface area contributed by atoms with Crippen molar-refractivity contribution >= 4 is 11.6 Å². The van der Waals surface area contributed by atoms with Gasteiger partial charge in [-0.1, -0.05) is 26.3 Å². The van der Waals surface area contributed by atoms with Crippen LogP contribution in [0.4, 0.5) is 5.69 Å². The molecule has 7 nitrogen and oxygen atoms in total. The highest BCUT2D eigenvalue weighted by atomic mass is 16.5. The Morgan fingerprint density at radius 3 is 2.86 bits per heavy atom. The van der Waals surface area contributed by atoms with E-state index in [4.69, 9.17) is 9.15 Å². The van der Waals surface area contributed by atoms with Gasteiger partial charge in [0.05, 0.1) is 18.6 Å². The van der Waals surface area contributed by atoms with Crippen molar-refractivity contribution in [2.75, 3.05) is 11.9 Å². The number of ether oxygens (including phenoxy) is 1. The molecule has 0 radical (unpaired) electrons. The first-order valence-corrected chi connectivity index (χ1v) is 9.65. The minimum absolute atomic E-state index is 0.0780. The van der Waals surface area contributed by atoms with Crippen LogP contribution in [0.25, 0.3) is 17.3 Å². The van der Waals surface area contributed by atoms with E-state index in [1.807, 2.05) is 30.3 Å². The molecule has 1 amide bonds. The maximum atomic E-state index is 12.3. The van der Waals surface area contributed by atoms with Gasteiger partial charge in [-0.25, -0.2) is 4.68 Å². The molecule has 0 saturated heterocycles. The van der Waals surface area contributed by atoms with E-state index in [2.05, 4.69) is 29.2 Å². The highest BCUT2D eigenvalue weighted by molar-refractivity contribution is 5.93. The van der Waals surface area contributed by atoms with Gasteiger partial charge in [-0.15, -0.1) is 5.10 Å². The maximum absolute atomic E-state index is 12.3. The minimum Gasteiger partial charge on any atom is -0.462 e. The van der Waals surface area contributed by atoms with Gasteiger partial charge >= 0.3 is 6.01 Å². The van der Waals surface area contributed by atoms with E-state index >= 15 is 0 Å². The van der Waals surface area contributed by atoms with Crippen LogP contribution in [0.1, 0.15) is 33.1 Å². The second kappa shape index (κ2) is 7.88.